The molecule has 2 aromatic carbocycles. The number of benzene rings is 2. The number of anilines is 3. The summed E-state index contributed by atoms with van der Waals surface area (Å²) in [4.78, 5) is 62.6. The second kappa shape index (κ2) is 8.83. The smallest absolute Gasteiger partial charge is 0.338 e. The van der Waals surface area contributed by atoms with E-state index in [1.807, 2.05) is 12.2 Å². The summed E-state index contributed by atoms with van der Waals surface area (Å²) in [6.45, 7) is 0.907. The van der Waals surface area contributed by atoms with Gasteiger partial charge in [-0.25, -0.2) is 4.79 Å². The van der Waals surface area contributed by atoms with Crippen LogP contribution in [0.25, 0.3) is 0 Å². The van der Waals surface area contributed by atoms with E-state index >= 15 is 0 Å². The topological polar surface area (TPSA) is 122 Å². The lowest BCUT2D eigenvalue weighted by Crippen LogP contribution is -2.32. The SMILES string of the molecule is CC(=O)Nc1ccc(NC(=O)COC(=O)c2ccc(N3C(=O)[C@@H]4[C@H](C3=O)[C@H]3C=C[C@H]4C3)cc2)cc1. The zero-order chi connectivity index (χ0) is 24.7. The highest BCUT2D eigenvalue weighted by molar-refractivity contribution is 6.22. The number of imide groups is 1. The number of nitrogens with zero attached hydrogens (tertiary/aromatic N) is 1. The van der Waals surface area contributed by atoms with Gasteiger partial charge in [0.2, 0.25) is 17.7 Å². The molecule has 2 fully saturated rings. The van der Waals surface area contributed by atoms with E-state index in [1.165, 1.54) is 24.0 Å². The highest BCUT2D eigenvalue weighted by atomic mass is 16.5. The number of ether oxygens (including phenoxy) is 1. The van der Waals surface area contributed by atoms with Crippen molar-refractivity contribution in [3.8, 4) is 0 Å². The predicted molar refractivity (Wildman–Crippen MR) is 126 cm³/mol. The average Bonchev–Trinajstić information content (AvgIpc) is 3.52. The third kappa shape index (κ3) is 4.21. The number of fused-ring (bicyclic) bond motifs is 5. The molecule has 0 unspecified atom stereocenters. The Morgan fingerprint density at radius 3 is 1.94 bits per heavy atom. The fourth-order valence-corrected chi connectivity index (χ4v) is 5.16. The van der Waals surface area contributed by atoms with Gasteiger partial charge >= 0.3 is 5.97 Å². The first-order valence-corrected chi connectivity index (χ1v) is 11.3. The molecule has 0 spiro atoms. The summed E-state index contributed by atoms with van der Waals surface area (Å²) in [7, 11) is 0. The molecule has 2 aliphatic carbocycles. The maximum absolute atomic E-state index is 12.9. The van der Waals surface area contributed by atoms with Crippen molar-refractivity contribution in [2.45, 2.75) is 13.3 Å². The maximum atomic E-state index is 12.9. The van der Waals surface area contributed by atoms with Crippen LogP contribution < -0.4 is 15.5 Å². The van der Waals surface area contributed by atoms with E-state index in [4.69, 9.17) is 4.74 Å². The van der Waals surface area contributed by atoms with Gasteiger partial charge < -0.3 is 15.4 Å². The van der Waals surface area contributed by atoms with Gasteiger partial charge in [0.15, 0.2) is 6.61 Å². The van der Waals surface area contributed by atoms with Crippen LogP contribution in [-0.4, -0.2) is 36.2 Å². The van der Waals surface area contributed by atoms with Gasteiger partial charge in [0, 0.05) is 18.3 Å². The first-order valence-electron chi connectivity index (χ1n) is 11.3. The first-order chi connectivity index (χ1) is 16.8. The van der Waals surface area contributed by atoms with E-state index in [2.05, 4.69) is 10.6 Å². The van der Waals surface area contributed by atoms with Gasteiger partial charge in [0.05, 0.1) is 23.1 Å². The third-order valence-electron chi connectivity index (χ3n) is 6.65. The Hall–Kier alpha value is -4.27. The minimum Gasteiger partial charge on any atom is -0.452 e. The van der Waals surface area contributed by atoms with E-state index in [-0.39, 0.29) is 47.0 Å². The second-order valence-electron chi connectivity index (χ2n) is 8.94. The van der Waals surface area contributed by atoms with Crippen molar-refractivity contribution in [2.24, 2.45) is 23.7 Å². The lowest BCUT2D eigenvalue weighted by atomic mass is 9.85. The number of esters is 1. The third-order valence-corrected chi connectivity index (χ3v) is 6.65. The molecular weight excluding hydrogens is 450 g/mol. The number of amides is 4. The van der Waals surface area contributed by atoms with Crippen LogP contribution in [0.1, 0.15) is 23.7 Å². The van der Waals surface area contributed by atoms with Crippen molar-refractivity contribution < 1.29 is 28.7 Å². The average molecular weight is 473 g/mol. The minimum atomic E-state index is -0.703. The van der Waals surface area contributed by atoms with Crippen molar-refractivity contribution in [1.82, 2.24) is 0 Å². The Labute approximate surface area is 201 Å². The lowest BCUT2D eigenvalue weighted by molar-refractivity contribution is -0.123. The van der Waals surface area contributed by atoms with Gasteiger partial charge in [-0.2, -0.15) is 0 Å². The van der Waals surface area contributed by atoms with Crippen molar-refractivity contribution >= 4 is 46.7 Å². The van der Waals surface area contributed by atoms with Crippen molar-refractivity contribution in [1.29, 1.82) is 0 Å². The predicted octanol–water partition coefficient (Wildman–Crippen LogP) is 2.75. The summed E-state index contributed by atoms with van der Waals surface area (Å²) >= 11 is 0. The standard InChI is InChI=1S/C26H23N3O6/c1-14(30)27-18-6-8-19(9-7-18)28-21(31)13-35-26(34)15-4-10-20(11-5-15)29-24(32)22-16-2-3-17(12-16)23(22)25(29)33/h2-11,16-17,22-23H,12-13H2,1H3,(H,27,30)(H,28,31)/t16-,17-,22-,23+/m0/s1. The summed E-state index contributed by atoms with van der Waals surface area (Å²) in [5, 5.41) is 5.22. The lowest BCUT2D eigenvalue weighted by Gasteiger charge is -2.17. The number of carbonyl (C=O) groups excluding carboxylic acids is 5. The van der Waals surface area contributed by atoms with Crippen molar-refractivity contribution in [3.63, 3.8) is 0 Å². The molecule has 4 atom stereocenters. The molecule has 1 saturated heterocycles. The fraction of sp³-hybridized carbons (Fsp3) is 0.269. The number of hydrogen-bond donors (Lipinski definition) is 2. The minimum absolute atomic E-state index is 0.127. The summed E-state index contributed by atoms with van der Waals surface area (Å²) < 4.78 is 5.08. The van der Waals surface area contributed by atoms with E-state index in [1.54, 1.807) is 36.4 Å². The zero-order valence-corrected chi connectivity index (χ0v) is 18.9. The first kappa shape index (κ1) is 22.5. The summed E-state index contributed by atoms with van der Waals surface area (Å²) in [6.07, 6.45) is 4.94. The molecule has 9 heteroatoms. The number of nitrogens with one attached hydrogen (secondary N) is 2. The molecule has 35 heavy (non-hydrogen) atoms. The van der Waals surface area contributed by atoms with E-state index in [0.717, 1.165) is 6.42 Å². The molecule has 2 aromatic rings. The summed E-state index contributed by atoms with van der Waals surface area (Å²) in [5.41, 5.74) is 1.70. The molecule has 1 saturated carbocycles. The molecule has 2 N–H and O–H groups in total. The molecular formula is C26H23N3O6. The Morgan fingerprint density at radius 1 is 0.857 bits per heavy atom. The molecule has 0 aromatic heterocycles. The molecule has 9 nitrogen and oxygen atoms in total. The highest BCUT2D eigenvalue weighted by Gasteiger charge is 2.59. The van der Waals surface area contributed by atoms with E-state index in [9.17, 15) is 24.0 Å². The monoisotopic (exact) mass is 473 g/mol. The molecule has 2 bridgehead atoms. The van der Waals surface area contributed by atoms with Crippen LogP contribution in [0, 0.1) is 23.7 Å². The largest absolute Gasteiger partial charge is 0.452 e. The Morgan fingerprint density at radius 2 is 1.40 bits per heavy atom. The van der Waals surface area contributed by atoms with Gasteiger partial charge in [0.1, 0.15) is 0 Å². The van der Waals surface area contributed by atoms with E-state index in [0.29, 0.717) is 17.1 Å². The number of carbonyl (C=O) groups is 5. The van der Waals surface area contributed by atoms with Crippen LogP contribution in [0.4, 0.5) is 17.1 Å². The molecule has 5 rings (SSSR count). The Bertz CT molecular complexity index is 1220. The van der Waals surface area contributed by atoms with Gasteiger partial charge in [-0.1, -0.05) is 12.2 Å². The number of hydrogen-bond acceptors (Lipinski definition) is 6. The van der Waals surface area contributed by atoms with Gasteiger partial charge in [-0.3, -0.25) is 24.1 Å². The molecule has 178 valence electrons. The van der Waals surface area contributed by atoms with Crippen LogP contribution >= 0.6 is 0 Å². The normalized spacial score (nSPS) is 23.9. The molecule has 0 radical (unpaired) electrons. The van der Waals surface area contributed by atoms with E-state index < -0.39 is 18.5 Å². The van der Waals surface area contributed by atoms with Crippen LogP contribution in [0.3, 0.4) is 0 Å². The number of rotatable bonds is 6. The maximum Gasteiger partial charge on any atom is 0.338 e. The fourth-order valence-electron chi connectivity index (χ4n) is 5.16. The second-order valence-corrected chi connectivity index (χ2v) is 8.94. The van der Waals surface area contributed by atoms with Crippen LogP contribution in [0.5, 0.6) is 0 Å². The van der Waals surface area contributed by atoms with Crippen LogP contribution in [0.2, 0.25) is 0 Å². The van der Waals surface area contributed by atoms with Gasteiger partial charge in [-0.15, -0.1) is 0 Å². The summed E-state index contributed by atoms with van der Waals surface area (Å²) in [6, 6.07) is 12.5. The van der Waals surface area contributed by atoms with Gasteiger partial charge in [-0.05, 0) is 66.8 Å². The summed E-state index contributed by atoms with van der Waals surface area (Å²) in [5.74, 6) is -2.13. The quantitative estimate of drug-likeness (QED) is 0.378. The molecule has 3 aliphatic rings. The van der Waals surface area contributed by atoms with Crippen molar-refractivity contribution in [3.05, 3.63) is 66.2 Å². The van der Waals surface area contributed by atoms with Crippen LogP contribution in [-0.2, 0) is 23.9 Å². The molecule has 1 heterocycles. The Kier molecular flexibility index (Phi) is 5.68. The Balaban J connectivity index is 1.15. The molecule has 4 amide bonds. The zero-order valence-electron chi connectivity index (χ0n) is 18.9. The van der Waals surface area contributed by atoms with Crippen molar-refractivity contribution in [2.75, 3.05) is 22.1 Å². The number of allylic oxidation sites excluding steroid dienone is 2. The molecule has 1 aliphatic heterocycles. The highest BCUT2D eigenvalue weighted by Crippen LogP contribution is 2.53. The van der Waals surface area contributed by atoms with Gasteiger partial charge in [0.25, 0.3) is 5.91 Å². The van der Waals surface area contributed by atoms with Crippen LogP contribution in [0.15, 0.2) is 60.7 Å².